The van der Waals surface area contributed by atoms with Crippen LogP contribution in [0.5, 0.6) is 5.75 Å². The highest BCUT2D eigenvalue weighted by atomic mass is 16.5. The largest absolute Gasteiger partial charge is 0.489 e. The number of aryl methyl sites for hydroxylation is 1. The van der Waals surface area contributed by atoms with E-state index in [1.54, 1.807) is 0 Å². The Hall–Kier alpha value is -3.04. The first-order chi connectivity index (χ1) is 11.7. The summed E-state index contributed by atoms with van der Waals surface area (Å²) >= 11 is 0. The summed E-state index contributed by atoms with van der Waals surface area (Å²) < 4.78 is 5.95. The van der Waals surface area contributed by atoms with Crippen molar-refractivity contribution < 1.29 is 4.74 Å². The van der Waals surface area contributed by atoms with Gasteiger partial charge in [-0.25, -0.2) is 0 Å². The minimum atomic E-state index is 0.218. The molecule has 0 spiro atoms. The smallest absolute Gasteiger partial charge is 0.133 e. The molecule has 3 rings (SSSR count). The lowest BCUT2D eigenvalue weighted by Gasteiger charge is -2.22. The number of nitriles is 2. The van der Waals surface area contributed by atoms with Crippen molar-refractivity contribution in [3.63, 3.8) is 0 Å². The van der Waals surface area contributed by atoms with Crippen LogP contribution in [-0.2, 0) is 13.0 Å². The van der Waals surface area contributed by atoms with Crippen LogP contribution in [0, 0.1) is 29.6 Å². The summed E-state index contributed by atoms with van der Waals surface area (Å²) in [4.78, 5) is 0. The molecular weight excluding hydrogens is 296 g/mol. The molecule has 0 N–H and O–H groups in total. The maximum absolute atomic E-state index is 9.23. The Morgan fingerprint density at radius 3 is 2.54 bits per heavy atom. The maximum atomic E-state index is 9.23. The number of ether oxygens (including phenoxy) is 1. The maximum Gasteiger partial charge on any atom is 0.133 e. The molecule has 0 unspecified atom stereocenters. The number of fused-ring (bicyclic) bond motifs is 1. The van der Waals surface area contributed by atoms with Crippen molar-refractivity contribution in [1.29, 1.82) is 10.5 Å². The van der Waals surface area contributed by atoms with Crippen LogP contribution in [0.2, 0.25) is 0 Å². The Bertz CT molecular complexity index is 851. The van der Waals surface area contributed by atoms with E-state index in [2.05, 4.69) is 6.92 Å². The van der Waals surface area contributed by atoms with Crippen LogP contribution in [-0.4, -0.2) is 0 Å². The zero-order chi connectivity index (χ0) is 16.9. The quantitative estimate of drug-likeness (QED) is 0.771. The molecule has 24 heavy (non-hydrogen) atoms. The average Bonchev–Trinajstić information content (AvgIpc) is 2.62. The van der Waals surface area contributed by atoms with E-state index >= 15 is 0 Å². The highest BCUT2D eigenvalue weighted by Gasteiger charge is 2.20. The summed E-state index contributed by atoms with van der Waals surface area (Å²) in [6, 6.07) is 18.1. The molecule has 0 heterocycles. The summed E-state index contributed by atoms with van der Waals surface area (Å²) in [5, 5.41) is 18.5. The SMILES string of the molecule is Cc1cc(OCc2ccccc2)cc2c1CCCC2=C(C#N)C#N. The molecular formula is C21H18N2O. The number of allylic oxidation sites excluding steroid dienone is 2. The van der Waals surface area contributed by atoms with E-state index in [1.165, 1.54) is 5.56 Å². The van der Waals surface area contributed by atoms with Gasteiger partial charge >= 0.3 is 0 Å². The van der Waals surface area contributed by atoms with Gasteiger partial charge in [0.15, 0.2) is 0 Å². The standard InChI is InChI=1S/C21H18N2O/c1-15-10-18(24-14-16-6-3-2-4-7-16)11-21-19(15)8-5-9-20(21)17(12-22)13-23/h2-4,6-7,10-11H,5,8-9,14H2,1H3. The summed E-state index contributed by atoms with van der Waals surface area (Å²) in [6.07, 6.45) is 2.72. The Morgan fingerprint density at radius 2 is 1.83 bits per heavy atom. The second-order valence-corrected chi connectivity index (χ2v) is 5.97. The van der Waals surface area contributed by atoms with Crippen LogP contribution < -0.4 is 4.74 Å². The summed E-state index contributed by atoms with van der Waals surface area (Å²) in [5.41, 5.74) is 5.57. The second kappa shape index (κ2) is 7.02. The van der Waals surface area contributed by atoms with Crippen molar-refractivity contribution in [2.75, 3.05) is 0 Å². The molecule has 0 aromatic heterocycles. The second-order valence-electron chi connectivity index (χ2n) is 5.97. The number of hydrogen-bond donors (Lipinski definition) is 0. The van der Waals surface area contributed by atoms with Gasteiger partial charge in [-0.3, -0.25) is 0 Å². The molecule has 3 nitrogen and oxygen atoms in total. The molecule has 0 radical (unpaired) electrons. The molecule has 3 heteroatoms. The van der Waals surface area contributed by atoms with Gasteiger partial charge in [0.25, 0.3) is 0 Å². The molecule has 0 amide bonds. The fraction of sp³-hybridized carbons (Fsp3) is 0.238. The van der Waals surface area contributed by atoms with Crippen molar-refractivity contribution >= 4 is 5.57 Å². The molecule has 0 saturated heterocycles. The fourth-order valence-corrected chi connectivity index (χ4v) is 3.21. The van der Waals surface area contributed by atoms with E-state index in [-0.39, 0.29) is 5.57 Å². The Morgan fingerprint density at radius 1 is 1.08 bits per heavy atom. The van der Waals surface area contributed by atoms with Crippen LogP contribution >= 0.6 is 0 Å². The number of hydrogen-bond acceptors (Lipinski definition) is 3. The van der Waals surface area contributed by atoms with Crippen LogP contribution in [0.4, 0.5) is 0 Å². The lowest BCUT2D eigenvalue weighted by molar-refractivity contribution is 0.306. The van der Waals surface area contributed by atoms with Crippen molar-refractivity contribution in [1.82, 2.24) is 0 Å². The first-order valence-electron chi connectivity index (χ1n) is 8.07. The van der Waals surface area contributed by atoms with Gasteiger partial charge in [-0.1, -0.05) is 30.3 Å². The lowest BCUT2D eigenvalue weighted by atomic mass is 9.83. The molecule has 1 aliphatic carbocycles. The third-order valence-electron chi connectivity index (χ3n) is 4.40. The average molecular weight is 314 g/mol. The van der Waals surface area contributed by atoms with Gasteiger partial charge in [-0.15, -0.1) is 0 Å². The topological polar surface area (TPSA) is 56.8 Å². The molecule has 2 aromatic rings. The van der Waals surface area contributed by atoms with Gasteiger partial charge in [0, 0.05) is 0 Å². The Kier molecular flexibility index (Phi) is 4.64. The minimum Gasteiger partial charge on any atom is -0.489 e. The van der Waals surface area contributed by atoms with Gasteiger partial charge in [0.05, 0.1) is 0 Å². The van der Waals surface area contributed by atoms with E-state index < -0.39 is 0 Å². The van der Waals surface area contributed by atoms with Gasteiger partial charge in [0.2, 0.25) is 0 Å². The van der Waals surface area contributed by atoms with E-state index in [4.69, 9.17) is 4.74 Å². The minimum absolute atomic E-state index is 0.218. The van der Waals surface area contributed by atoms with E-state index in [0.29, 0.717) is 6.61 Å². The highest BCUT2D eigenvalue weighted by molar-refractivity contribution is 5.79. The lowest BCUT2D eigenvalue weighted by Crippen LogP contribution is -2.07. The molecule has 0 saturated carbocycles. The summed E-state index contributed by atoms with van der Waals surface area (Å²) in [6.45, 7) is 2.57. The molecule has 0 fully saturated rings. The Balaban J connectivity index is 1.96. The van der Waals surface area contributed by atoms with Crippen molar-refractivity contribution in [2.45, 2.75) is 32.8 Å². The Labute approximate surface area is 142 Å². The normalized spacial score (nSPS) is 12.7. The molecule has 118 valence electrons. The van der Waals surface area contributed by atoms with Gasteiger partial charge in [-0.2, -0.15) is 10.5 Å². The predicted molar refractivity (Wildman–Crippen MR) is 93.0 cm³/mol. The van der Waals surface area contributed by atoms with Crippen molar-refractivity contribution in [2.24, 2.45) is 0 Å². The number of nitrogens with zero attached hydrogens (tertiary/aromatic N) is 2. The molecule has 0 atom stereocenters. The number of rotatable bonds is 3. The van der Waals surface area contributed by atoms with E-state index in [0.717, 1.165) is 47.3 Å². The number of benzene rings is 2. The highest BCUT2D eigenvalue weighted by Crippen LogP contribution is 2.37. The first-order valence-corrected chi connectivity index (χ1v) is 8.07. The van der Waals surface area contributed by atoms with Crippen LogP contribution in [0.1, 0.15) is 35.1 Å². The van der Waals surface area contributed by atoms with Crippen LogP contribution in [0.3, 0.4) is 0 Å². The molecule has 2 aromatic carbocycles. The molecule has 0 bridgehead atoms. The third-order valence-corrected chi connectivity index (χ3v) is 4.40. The zero-order valence-corrected chi connectivity index (χ0v) is 13.7. The fourth-order valence-electron chi connectivity index (χ4n) is 3.21. The first kappa shape index (κ1) is 15.8. The third kappa shape index (κ3) is 3.16. The monoisotopic (exact) mass is 314 g/mol. The van der Waals surface area contributed by atoms with Gasteiger partial charge in [0.1, 0.15) is 30.1 Å². The van der Waals surface area contributed by atoms with Crippen molar-refractivity contribution in [3.8, 4) is 17.9 Å². The summed E-state index contributed by atoms with van der Waals surface area (Å²) in [7, 11) is 0. The summed E-state index contributed by atoms with van der Waals surface area (Å²) in [5.74, 6) is 0.782. The molecule has 1 aliphatic rings. The van der Waals surface area contributed by atoms with Crippen molar-refractivity contribution in [3.05, 3.63) is 70.3 Å². The van der Waals surface area contributed by atoms with E-state index in [9.17, 15) is 10.5 Å². The zero-order valence-electron chi connectivity index (χ0n) is 13.7. The molecule has 0 aliphatic heterocycles. The van der Waals surface area contributed by atoms with Gasteiger partial charge < -0.3 is 4.74 Å². The predicted octanol–water partition coefficient (Wildman–Crippen LogP) is 4.71. The van der Waals surface area contributed by atoms with Crippen LogP contribution in [0.25, 0.3) is 5.57 Å². The van der Waals surface area contributed by atoms with Crippen LogP contribution in [0.15, 0.2) is 48.0 Å². The van der Waals surface area contributed by atoms with Gasteiger partial charge in [-0.05, 0) is 66.1 Å². The van der Waals surface area contributed by atoms with E-state index in [1.807, 2.05) is 54.6 Å².